The maximum Gasteiger partial charge on any atom is 0.319 e. The van der Waals surface area contributed by atoms with Gasteiger partial charge in [-0.2, -0.15) is 10.6 Å². The molecule has 1 aromatic heterocycles. The van der Waals surface area contributed by atoms with E-state index in [2.05, 4.69) is 22.5 Å². The lowest BCUT2D eigenvalue weighted by atomic mass is 10.0. The van der Waals surface area contributed by atoms with Crippen molar-refractivity contribution in [1.82, 2.24) is 15.3 Å². The number of carbonyl (C=O) groups is 1. The molecule has 2 aliphatic heterocycles. The van der Waals surface area contributed by atoms with Gasteiger partial charge in [0, 0.05) is 29.9 Å². The molecule has 1 aromatic carbocycles. The highest BCUT2D eigenvalue weighted by Crippen LogP contribution is 2.73. The molecule has 1 saturated heterocycles. The number of fused-ring (bicyclic) bond motifs is 1. The number of rotatable bonds is 4. The van der Waals surface area contributed by atoms with Crippen molar-refractivity contribution >= 4 is 28.1 Å². The van der Waals surface area contributed by atoms with Gasteiger partial charge in [-0.25, -0.2) is 14.8 Å². The minimum atomic E-state index is -2.98. The molecule has 4 rings (SSSR count). The van der Waals surface area contributed by atoms with Crippen LogP contribution in [0.15, 0.2) is 24.3 Å². The van der Waals surface area contributed by atoms with Crippen LogP contribution in [0.25, 0.3) is 11.4 Å². The third-order valence-corrected chi connectivity index (χ3v) is 9.44. The zero-order valence-electron chi connectivity index (χ0n) is 19.8. The van der Waals surface area contributed by atoms with Crippen LogP contribution in [-0.2, 0) is 9.48 Å². The lowest BCUT2D eigenvalue weighted by Crippen LogP contribution is -2.44. The highest BCUT2D eigenvalue weighted by atomic mass is 32.3. The second-order valence-corrected chi connectivity index (χ2v) is 12.0. The number of aromatic nitrogens is 2. The van der Waals surface area contributed by atoms with Gasteiger partial charge < -0.3 is 20.3 Å². The van der Waals surface area contributed by atoms with Gasteiger partial charge in [-0.05, 0) is 58.9 Å². The number of hydrogen-bond acceptors (Lipinski definition) is 7. The molecule has 2 aromatic rings. The van der Waals surface area contributed by atoms with E-state index in [1.807, 2.05) is 39.8 Å². The molecule has 1 unspecified atom stereocenters. The van der Waals surface area contributed by atoms with Crippen LogP contribution in [0.2, 0.25) is 0 Å². The van der Waals surface area contributed by atoms with E-state index in [0.717, 1.165) is 16.9 Å². The summed E-state index contributed by atoms with van der Waals surface area (Å²) in [5, 5.41) is 5.02. The molecule has 0 spiro atoms. The Labute approximate surface area is 196 Å². The van der Waals surface area contributed by atoms with Crippen LogP contribution in [-0.4, -0.2) is 57.4 Å². The summed E-state index contributed by atoms with van der Waals surface area (Å²) in [7, 11) is -2.98. The molecule has 2 atom stereocenters. The van der Waals surface area contributed by atoms with Gasteiger partial charge in [-0.3, -0.25) is 9.11 Å². The number of anilines is 2. The summed E-state index contributed by atoms with van der Waals surface area (Å²) in [4.78, 5) is 23.8. The molecule has 0 radical (unpaired) electrons. The summed E-state index contributed by atoms with van der Waals surface area (Å²) in [5.74, 6) is 1.26. The van der Waals surface area contributed by atoms with E-state index in [4.69, 9.17) is 14.7 Å². The van der Waals surface area contributed by atoms with Gasteiger partial charge in [-0.15, -0.1) is 0 Å². The molecule has 0 bridgehead atoms. The van der Waals surface area contributed by atoms with Crippen LogP contribution in [0.3, 0.4) is 0 Å². The Bertz CT molecular complexity index is 1040. The molecular weight excluding hydrogens is 442 g/mol. The van der Waals surface area contributed by atoms with E-state index in [-0.39, 0.29) is 12.1 Å². The third kappa shape index (κ3) is 4.05. The number of hydrogen-bond donors (Lipinski definition) is 4. The SMILES string of the molecule is CCNC(=O)Nc1ccc(-c2nc(N3CCOC[C@@H]3C)c3c(n2)C(C)(C)S(O)(O)C3C)cc1. The zero-order valence-corrected chi connectivity index (χ0v) is 20.6. The van der Waals surface area contributed by atoms with Gasteiger partial charge >= 0.3 is 6.03 Å². The minimum absolute atomic E-state index is 0.104. The van der Waals surface area contributed by atoms with E-state index < -0.39 is 20.6 Å². The van der Waals surface area contributed by atoms with Crippen molar-refractivity contribution in [1.29, 1.82) is 0 Å². The smallest absolute Gasteiger partial charge is 0.319 e. The first-order valence-corrected chi connectivity index (χ1v) is 12.9. The fraction of sp³-hybridized carbons (Fsp3) is 0.522. The molecule has 4 N–H and O–H groups in total. The van der Waals surface area contributed by atoms with Gasteiger partial charge in [0.2, 0.25) is 0 Å². The minimum Gasteiger partial charge on any atom is -0.377 e. The average Bonchev–Trinajstić information content (AvgIpc) is 2.91. The number of morpholine rings is 1. The van der Waals surface area contributed by atoms with Crippen molar-refractivity contribution in [3.63, 3.8) is 0 Å². The molecule has 33 heavy (non-hydrogen) atoms. The standard InChI is InChI=1S/C23H33N5O4S/c1-6-24-22(29)25-17-9-7-16(8-10-17)20-26-19-18(15(3)33(30,31)23(19,4)5)21(27-20)28-11-12-32-13-14(28)2/h7-10,14-15,30-31H,6,11-13H2,1-5H3,(H2,24,25,29)/t14-,15?/m0/s1. The molecule has 0 aliphatic carbocycles. The van der Waals surface area contributed by atoms with Gasteiger partial charge in [0.05, 0.1) is 34.9 Å². The molecular formula is C23H33N5O4S. The zero-order chi connectivity index (χ0) is 24.0. The molecule has 0 saturated carbocycles. The number of benzene rings is 1. The van der Waals surface area contributed by atoms with E-state index in [1.54, 1.807) is 12.1 Å². The summed E-state index contributed by atoms with van der Waals surface area (Å²) in [6.07, 6.45) is 0. The number of amides is 2. The van der Waals surface area contributed by atoms with E-state index >= 15 is 0 Å². The maximum atomic E-state index is 11.8. The third-order valence-electron chi connectivity index (χ3n) is 6.52. The van der Waals surface area contributed by atoms with Gasteiger partial charge in [-0.1, -0.05) is 0 Å². The summed E-state index contributed by atoms with van der Waals surface area (Å²) in [5.41, 5.74) is 2.94. The first-order chi connectivity index (χ1) is 15.6. The fourth-order valence-corrected chi connectivity index (χ4v) is 6.34. The van der Waals surface area contributed by atoms with Crippen molar-refractivity contribution in [3.8, 4) is 11.4 Å². The molecule has 180 valence electrons. The summed E-state index contributed by atoms with van der Waals surface area (Å²) in [6.45, 7) is 11.9. The number of nitrogens with zero attached hydrogens (tertiary/aromatic N) is 3. The van der Waals surface area contributed by atoms with E-state index in [9.17, 15) is 13.9 Å². The Hall–Kier alpha value is -2.40. The lowest BCUT2D eigenvalue weighted by molar-refractivity contribution is 0.0984. The van der Waals surface area contributed by atoms with E-state index in [1.165, 1.54) is 0 Å². The van der Waals surface area contributed by atoms with Crippen LogP contribution in [0.4, 0.5) is 16.3 Å². The lowest BCUT2D eigenvalue weighted by Gasteiger charge is -2.43. The van der Waals surface area contributed by atoms with Gasteiger partial charge in [0.25, 0.3) is 0 Å². The van der Waals surface area contributed by atoms with Crippen LogP contribution in [0, 0.1) is 0 Å². The Morgan fingerprint density at radius 2 is 1.94 bits per heavy atom. The van der Waals surface area contributed by atoms with Gasteiger partial charge in [0.15, 0.2) is 5.82 Å². The van der Waals surface area contributed by atoms with Crippen molar-refractivity contribution in [2.24, 2.45) is 0 Å². The molecule has 3 heterocycles. The molecule has 1 fully saturated rings. The maximum absolute atomic E-state index is 11.8. The average molecular weight is 476 g/mol. The number of ether oxygens (including phenoxy) is 1. The molecule has 9 nitrogen and oxygen atoms in total. The second kappa shape index (κ2) is 8.75. The Balaban J connectivity index is 1.79. The normalized spacial score (nSPS) is 24.2. The molecule has 2 aliphatic rings. The predicted molar refractivity (Wildman–Crippen MR) is 132 cm³/mol. The van der Waals surface area contributed by atoms with Crippen LogP contribution in [0.5, 0.6) is 0 Å². The predicted octanol–water partition coefficient (Wildman–Crippen LogP) is 4.57. The summed E-state index contributed by atoms with van der Waals surface area (Å²) in [6, 6.07) is 7.17. The number of urea groups is 1. The summed E-state index contributed by atoms with van der Waals surface area (Å²) < 4.78 is 26.9. The van der Waals surface area contributed by atoms with Crippen LogP contribution < -0.4 is 15.5 Å². The van der Waals surface area contributed by atoms with Crippen molar-refractivity contribution < 1.29 is 18.6 Å². The van der Waals surface area contributed by atoms with Crippen LogP contribution in [0.1, 0.15) is 51.1 Å². The number of nitrogens with one attached hydrogen (secondary N) is 2. The van der Waals surface area contributed by atoms with Crippen LogP contribution >= 0.6 is 10.6 Å². The van der Waals surface area contributed by atoms with E-state index in [0.29, 0.717) is 43.5 Å². The van der Waals surface area contributed by atoms with Gasteiger partial charge in [0.1, 0.15) is 5.82 Å². The Morgan fingerprint density at radius 1 is 1.24 bits per heavy atom. The first kappa shape index (κ1) is 23.7. The Morgan fingerprint density at radius 3 is 2.58 bits per heavy atom. The highest BCUT2D eigenvalue weighted by molar-refractivity contribution is 8.25. The molecule has 2 amide bonds. The van der Waals surface area contributed by atoms with Crippen molar-refractivity contribution in [2.45, 2.75) is 50.7 Å². The van der Waals surface area contributed by atoms with Crippen molar-refractivity contribution in [3.05, 3.63) is 35.5 Å². The topological polar surface area (TPSA) is 120 Å². The molecule has 10 heteroatoms. The quantitative estimate of drug-likeness (QED) is 0.511. The largest absolute Gasteiger partial charge is 0.377 e. The first-order valence-electron chi connectivity index (χ1n) is 11.3. The highest BCUT2D eigenvalue weighted by Gasteiger charge is 2.52. The second-order valence-electron chi connectivity index (χ2n) is 9.06. The summed E-state index contributed by atoms with van der Waals surface area (Å²) >= 11 is 0. The van der Waals surface area contributed by atoms with Crippen molar-refractivity contribution in [2.75, 3.05) is 36.5 Å². The Kier molecular flexibility index (Phi) is 6.30. The monoisotopic (exact) mass is 475 g/mol. The fourth-order valence-electron chi connectivity index (χ4n) is 4.47. The number of carbonyl (C=O) groups excluding carboxylic acids is 1.